The van der Waals surface area contributed by atoms with Crippen molar-refractivity contribution in [3.05, 3.63) is 71.2 Å². The van der Waals surface area contributed by atoms with E-state index in [-0.39, 0.29) is 11.8 Å². The van der Waals surface area contributed by atoms with E-state index < -0.39 is 0 Å². The molecular weight excluding hydrogens is 388 g/mol. The van der Waals surface area contributed by atoms with Gasteiger partial charge in [-0.1, -0.05) is 35.0 Å². The maximum Gasteiger partial charge on any atom is 0.270 e. The fourth-order valence-corrected chi connectivity index (χ4v) is 3.93. The summed E-state index contributed by atoms with van der Waals surface area (Å²) in [5.74, 6) is 1.39. The van der Waals surface area contributed by atoms with E-state index in [1.165, 1.54) is 0 Å². The Morgan fingerprint density at radius 1 is 1.10 bits per heavy atom. The van der Waals surface area contributed by atoms with E-state index in [4.69, 9.17) is 16.1 Å². The molecule has 1 aliphatic heterocycles. The molecule has 0 unspecified atom stereocenters. The number of para-hydroxylation sites is 1. The van der Waals surface area contributed by atoms with Gasteiger partial charge in [-0.05, 0) is 49.2 Å². The third kappa shape index (κ3) is 3.51. The number of amides is 1. The predicted octanol–water partition coefficient (Wildman–Crippen LogP) is 4.89. The van der Waals surface area contributed by atoms with Crippen LogP contribution in [0.2, 0.25) is 5.02 Å². The van der Waals surface area contributed by atoms with Gasteiger partial charge in [-0.25, -0.2) is 0 Å². The van der Waals surface area contributed by atoms with Gasteiger partial charge < -0.3 is 14.4 Å². The molecule has 4 aromatic rings. The zero-order chi connectivity index (χ0) is 19.8. The minimum atomic E-state index is 0.0343. The van der Waals surface area contributed by atoms with Crippen molar-refractivity contribution < 1.29 is 9.32 Å². The second-order valence-corrected chi connectivity index (χ2v) is 7.74. The number of hydrogen-bond acceptors (Lipinski definition) is 4. The highest BCUT2D eigenvalue weighted by Crippen LogP contribution is 2.29. The Morgan fingerprint density at radius 3 is 2.62 bits per heavy atom. The first-order valence-corrected chi connectivity index (χ1v) is 10.0. The number of carbonyl (C=O) groups excluding carboxylic acids is 1. The normalized spacial score (nSPS) is 15.1. The van der Waals surface area contributed by atoms with Crippen molar-refractivity contribution in [3.63, 3.8) is 0 Å². The zero-order valence-electron chi connectivity index (χ0n) is 15.6. The summed E-state index contributed by atoms with van der Waals surface area (Å²) in [5.41, 5.74) is 2.48. The molecule has 1 amide bonds. The Morgan fingerprint density at radius 2 is 1.86 bits per heavy atom. The predicted molar refractivity (Wildman–Crippen MR) is 111 cm³/mol. The number of rotatable bonds is 3. The van der Waals surface area contributed by atoms with Crippen LogP contribution in [0.1, 0.15) is 35.1 Å². The first-order valence-electron chi connectivity index (χ1n) is 9.64. The molecule has 1 aliphatic rings. The molecule has 0 radical (unpaired) electrons. The fraction of sp³-hybridized carbons (Fsp3) is 0.227. The molecule has 7 heteroatoms. The Labute approximate surface area is 172 Å². The lowest BCUT2D eigenvalue weighted by Crippen LogP contribution is -2.38. The number of aromatic amines is 1. The Balaban J connectivity index is 1.25. The number of aromatic nitrogens is 3. The maximum absolute atomic E-state index is 12.9. The number of H-pyrrole nitrogens is 1. The SMILES string of the molecule is O=C(c1cc2ccccc2[nH]1)N1CCC(c2nc(-c3ccc(Cl)cc3)no2)CC1. The van der Waals surface area contributed by atoms with Gasteiger partial charge in [-0.3, -0.25) is 4.79 Å². The Hall–Kier alpha value is -3.12. The molecule has 29 heavy (non-hydrogen) atoms. The van der Waals surface area contributed by atoms with Gasteiger partial charge in [-0.15, -0.1) is 0 Å². The van der Waals surface area contributed by atoms with Crippen LogP contribution in [-0.4, -0.2) is 39.0 Å². The monoisotopic (exact) mass is 406 g/mol. The second-order valence-electron chi connectivity index (χ2n) is 7.30. The highest BCUT2D eigenvalue weighted by Gasteiger charge is 2.28. The number of hydrogen-bond donors (Lipinski definition) is 1. The van der Waals surface area contributed by atoms with E-state index in [1.54, 1.807) is 12.1 Å². The lowest BCUT2D eigenvalue weighted by atomic mass is 9.96. The average molecular weight is 407 g/mol. The number of carbonyl (C=O) groups is 1. The van der Waals surface area contributed by atoms with Gasteiger partial charge in [0.25, 0.3) is 5.91 Å². The number of nitrogens with zero attached hydrogens (tertiary/aromatic N) is 3. The van der Waals surface area contributed by atoms with Gasteiger partial charge in [0.15, 0.2) is 0 Å². The molecule has 1 saturated heterocycles. The molecular formula is C22H19ClN4O2. The zero-order valence-corrected chi connectivity index (χ0v) is 16.4. The molecule has 0 saturated carbocycles. The van der Waals surface area contributed by atoms with Gasteiger partial charge >= 0.3 is 0 Å². The number of nitrogens with one attached hydrogen (secondary N) is 1. The molecule has 1 N–H and O–H groups in total. The van der Waals surface area contributed by atoms with Crippen LogP contribution < -0.4 is 0 Å². The van der Waals surface area contributed by atoms with Crippen molar-refractivity contribution in [2.45, 2.75) is 18.8 Å². The first kappa shape index (κ1) is 17.9. The van der Waals surface area contributed by atoms with Crippen molar-refractivity contribution in [1.29, 1.82) is 0 Å². The summed E-state index contributed by atoms with van der Waals surface area (Å²) >= 11 is 5.93. The number of halogens is 1. The van der Waals surface area contributed by atoms with Crippen LogP contribution in [0.25, 0.3) is 22.3 Å². The Kier molecular flexibility index (Phi) is 4.56. The maximum atomic E-state index is 12.9. The second kappa shape index (κ2) is 7.37. The van der Waals surface area contributed by atoms with E-state index in [2.05, 4.69) is 15.1 Å². The van der Waals surface area contributed by atoms with Crippen molar-refractivity contribution in [2.24, 2.45) is 0 Å². The van der Waals surface area contributed by atoms with E-state index in [9.17, 15) is 4.79 Å². The molecule has 3 heterocycles. The number of benzene rings is 2. The van der Waals surface area contributed by atoms with E-state index in [1.807, 2.05) is 47.4 Å². The van der Waals surface area contributed by atoms with Crippen molar-refractivity contribution in [2.75, 3.05) is 13.1 Å². The van der Waals surface area contributed by atoms with Gasteiger partial charge in [0, 0.05) is 40.5 Å². The molecule has 0 spiro atoms. The molecule has 1 fully saturated rings. The topological polar surface area (TPSA) is 75.0 Å². The quantitative estimate of drug-likeness (QED) is 0.525. The highest BCUT2D eigenvalue weighted by molar-refractivity contribution is 6.30. The standard InChI is InChI=1S/C22H19ClN4O2/c23-17-7-5-14(6-8-17)20-25-21(29-26-20)15-9-11-27(12-10-15)22(28)19-13-16-3-1-2-4-18(16)24-19/h1-8,13,15,24H,9-12H2. The molecule has 0 bridgehead atoms. The molecule has 2 aromatic carbocycles. The van der Waals surface area contributed by atoms with E-state index in [0.29, 0.717) is 35.5 Å². The fourth-order valence-electron chi connectivity index (χ4n) is 3.81. The van der Waals surface area contributed by atoms with Gasteiger partial charge in [0.05, 0.1) is 0 Å². The van der Waals surface area contributed by atoms with E-state index >= 15 is 0 Å². The molecule has 0 atom stereocenters. The molecule has 0 aliphatic carbocycles. The van der Waals surface area contributed by atoms with Crippen LogP contribution in [-0.2, 0) is 0 Å². The molecule has 146 valence electrons. The molecule has 2 aromatic heterocycles. The summed E-state index contributed by atoms with van der Waals surface area (Å²) in [6.07, 6.45) is 1.60. The van der Waals surface area contributed by atoms with Crippen LogP contribution in [0.5, 0.6) is 0 Å². The van der Waals surface area contributed by atoms with Crippen molar-refractivity contribution in [3.8, 4) is 11.4 Å². The number of piperidine rings is 1. The summed E-state index contributed by atoms with van der Waals surface area (Å²) in [4.78, 5) is 22.5. The smallest absolute Gasteiger partial charge is 0.270 e. The third-order valence-corrected chi connectivity index (χ3v) is 5.69. The minimum absolute atomic E-state index is 0.0343. The van der Waals surface area contributed by atoms with Gasteiger partial charge in [0.2, 0.25) is 11.7 Å². The summed E-state index contributed by atoms with van der Waals surface area (Å²) < 4.78 is 5.51. The van der Waals surface area contributed by atoms with E-state index in [0.717, 1.165) is 29.3 Å². The van der Waals surface area contributed by atoms with Crippen molar-refractivity contribution >= 4 is 28.4 Å². The van der Waals surface area contributed by atoms with Crippen LogP contribution in [0.15, 0.2) is 59.1 Å². The first-order chi connectivity index (χ1) is 14.2. The van der Waals surface area contributed by atoms with Crippen LogP contribution in [0.3, 0.4) is 0 Å². The lowest BCUT2D eigenvalue weighted by molar-refractivity contribution is 0.0699. The Bertz CT molecular complexity index is 1120. The summed E-state index contributed by atoms with van der Waals surface area (Å²) in [6.45, 7) is 1.33. The minimum Gasteiger partial charge on any atom is -0.351 e. The highest BCUT2D eigenvalue weighted by atomic mass is 35.5. The average Bonchev–Trinajstić information content (AvgIpc) is 3.41. The summed E-state index contributed by atoms with van der Waals surface area (Å²) in [6, 6.07) is 17.2. The van der Waals surface area contributed by atoms with Crippen LogP contribution in [0.4, 0.5) is 0 Å². The van der Waals surface area contributed by atoms with Gasteiger partial charge in [-0.2, -0.15) is 4.98 Å². The van der Waals surface area contributed by atoms with Crippen molar-refractivity contribution in [1.82, 2.24) is 20.0 Å². The molecule has 6 nitrogen and oxygen atoms in total. The lowest BCUT2D eigenvalue weighted by Gasteiger charge is -2.30. The number of fused-ring (bicyclic) bond motifs is 1. The largest absolute Gasteiger partial charge is 0.351 e. The number of likely N-dealkylation sites (tertiary alicyclic amines) is 1. The van der Waals surface area contributed by atoms with Gasteiger partial charge in [0.1, 0.15) is 5.69 Å². The summed E-state index contributed by atoms with van der Waals surface area (Å²) in [5, 5.41) is 5.82. The van der Waals surface area contributed by atoms with Crippen LogP contribution >= 0.6 is 11.6 Å². The third-order valence-electron chi connectivity index (χ3n) is 5.44. The molecule has 5 rings (SSSR count). The summed E-state index contributed by atoms with van der Waals surface area (Å²) in [7, 11) is 0. The van der Waals surface area contributed by atoms with Crippen LogP contribution in [0, 0.1) is 0 Å².